The molecule has 1 aliphatic carbocycles. The first kappa shape index (κ1) is 24.0. The van der Waals surface area contributed by atoms with Crippen molar-refractivity contribution < 1.29 is 19.4 Å². The van der Waals surface area contributed by atoms with Gasteiger partial charge in [0.25, 0.3) is 5.91 Å². The number of benzene rings is 2. The zero-order valence-electron chi connectivity index (χ0n) is 20.0. The third-order valence-corrected chi connectivity index (χ3v) is 7.91. The van der Waals surface area contributed by atoms with E-state index < -0.39 is 5.60 Å². The van der Waals surface area contributed by atoms with Crippen LogP contribution in [0, 0.1) is 17.7 Å². The number of hydrogen-bond acceptors (Lipinski definition) is 4. The van der Waals surface area contributed by atoms with Crippen LogP contribution in [0.25, 0.3) is 0 Å². The molecule has 0 radical (unpaired) electrons. The lowest BCUT2D eigenvalue weighted by Gasteiger charge is -2.57. The van der Waals surface area contributed by atoms with Gasteiger partial charge in [-0.3, -0.25) is 9.69 Å². The maximum Gasteiger partial charge on any atom is 0.253 e. The number of carbonyl (C=O) groups is 1. The van der Waals surface area contributed by atoms with E-state index in [1.54, 1.807) is 12.1 Å². The molecule has 2 aromatic carbocycles. The Hall–Kier alpha value is -2.72. The van der Waals surface area contributed by atoms with Crippen LogP contribution >= 0.6 is 0 Å². The number of rotatable bonds is 3. The lowest BCUT2D eigenvalue weighted by Crippen LogP contribution is -2.67. The predicted molar refractivity (Wildman–Crippen MR) is 132 cm³/mol. The number of carbonyl (C=O) groups excluding carboxylic acids is 1. The number of halogens is 1. The lowest BCUT2D eigenvalue weighted by molar-refractivity contribution is -0.0606. The minimum absolute atomic E-state index is 0.0250. The highest BCUT2D eigenvalue weighted by molar-refractivity contribution is 5.94. The van der Waals surface area contributed by atoms with Crippen molar-refractivity contribution in [1.29, 1.82) is 0 Å². The van der Waals surface area contributed by atoms with Crippen molar-refractivity contribution >= 4 is 5.91 Å². The molecular weight excluding hydrogens is 443 g/mol. The lowest BCUT2D eigenvalue weighted by atomic mass is 9.74. The van der Waals surface area contributed by atoms with E-state index in [0.29, 0.717) is 18.7 Å². The second-order valence-corrected chi connectivity index (χ2v) is 10.2. The van der Waals surface area contributed by atoms with Crippen molar-refractivity contribution in [2.45, 2.75) is 62.1 Å². The monoisotopic (exact) mass is 476 g/mol. The minimum atomic E-state index is -0.853. The summed E-state index contributed by atoms with van der Waals surface area (Å²) in [6, 6.07) is 14.0. The molecule has 2 aliphatic heterocycles. The Morgan fingerprint density at radius 1 is 1.00 bits per heavy atom. The Morgan fingerprint density at radius 3 is 2.37 bits per heavy atom. The second kappa shape index (κ2) is 10.1. The molecule has 1 amide bonds. The first-order valence-electron chi connectivity index (χ1n) is 12.7. The molecular formula is C29H33FN2O3. The normalized spacial score (nSPS) is 26.0. The molecule has 2 N–H and O–H groups in total. The van der Waals surface area contributed by atoms with Gasteiger partial charge in [0.1, 0.15) is 11.4 Å². The van der Waals surface area contributed by atoms with E-state index in [1.807, 2.05) is 17.0 Å². The van der Waals surface area contributed by atoms with Crippen molar-refractivity contribution in [3.63, 3.8) is 0 Å². The summed E-state index contributed by atoms with van der Waals surface area (Å²) in [7, 11) is 0. The van der Waals surface area contributed by atoms with Crippen molar-refractivity contribution in [2.24, 2.45) is 0 Å². The summed E-state index contributed by atoms with van der Waals surface area (Å²) >= 11 is 0. The van der Waals surface area contributed by atoms with E-state index >= 15 is 0 Å². The van der Waals surface area contributed by atoms with Crippen LogP contribution in [0.2, 0.25) is 0 Å². The largest absolute Gasteiger partial charge is 0.395 e. The molecule has 6 heteroatoms. The van der Waals surface area contributed by atoms with Gasteiger partial charge in [0, 0.05) is 42.2 Å². The van der Waals surface area contributed by atoms with E-state index in [1.165, 1.54) is 12.1 Å². The number of hydrogen-bond donors (Lipinski definition) is 2. The van der Waals surface area contributed by atoms with Gasteiger partial charge in [0.2, 0.25) is 0 Å². The van der Waals surface area contributed by atoms with Gasteiger partial charge >= 0.3 is 0 Å². The zero-order chi connectivity index (χ0) is 24.4. The SMILES string of the molecule is O=C(c1ccc(F)cc1)N1CCCCN2[C@H](C1)[C@H](c1ccc(C#CC3(O)CCCC3)cc1)[C@@H]2CO. The average Bonchev–Trinajstić information content (AvgIpc) is 3.29. The topological polar surface area (TPSA) is 64.0 Å². The first-order chi connectivity index (χ1) is 17.0. The van der Waals surface area contributed by atoms with Crippen LogP contribution in [-0.2, 0) is 0 Å². The Labute approximate surface area is 206 Å². The van der Waals surface area contributed by atoms with Crippen LogP contribution in [0.15, 0.2) is 48.5 Å². The molecule has 2 heterocycles. The van der Waals surface area contributed by atoms with E-state index in [4.69, 9.17) is 0 Å². The molecule has 2 aromatic rings. The highest BCUT2D eigenvalue weighted by Gasteiger charge is 2.49. The fourth-order valence-corrected chi connectivity index (χ4v) is 5.96. The summed E-state index contributed by atoms with van der Waals surface area (Å²) in [4.78, 5) is 17.4. The third kappa shape index (κ3) is 4.99. The average molecular weight is 477 g/mol. The van der Waals surface area contributed by atoms with Crippen molar-refractivity contribution in [3.8, 4) is 11.8 Å². The Bertz CT molecular complexity index is 1100. The molecule has 5 rings (SSSR count). The van der Waals surface area contributed by atoms with Gasteiger partial charge in [-0.2, -0.15) is 0 Å². The van der Waals surface area contributed by atoms with Crippen LogP contribution in [0.4, 0.5) is 4.39 Å². The summed E-state index contributed by atoms with van der Waals surface area (Å²) in [5, 5.41) is 20.7. The van der Waals surface area contributed by atoms with E-state index in [0.717, 1.165) is 56.2 Å². The van der Waals surface area contributed by atoms with Gasteiger partial charge in [-0.1, -0.05) is 24.0 Å². The molecule has 5 nitrogen and oxygen atoms in total. The van der Waals surface area contributed by atoms with Gasteiger partial charge in [0.15, 0.2) is 0 Å². The summed E-state index contributed by atoms with van der Waals surface area (Å²) in [5.41, 5.74) is 1.65. The van der Waals surface area contributed by atoms with Crippen molar-refractivity contribution in [3.05, 3.63) is 71.0 Å². The molecule has 0 bridgehead atoms. The Balaban J connectivity index is 1.34. The maximum absolute atomic E-state index is 13.4. The summed E-state index contributed by atoms with van der Waals surface area (Å²) in [6.07, 6.45) is 5.38. The molecule has 35 heavy (non-hydrogen) atoms. The van der Waals surface area contributed by atoms with Gasteiger partial charge in [-0.05, 0) is 87.0 Å². The van der Waals surface area contributed by atoms with Gasteiger partial charge < -0.3 is 15.1 Å². The molecule has 1 saturated carbocycles. The fraction of sp³-hybridized carbons (Fsp3) is 0.483. The second-order valence-electron chi connectivity index (χ2n) is 10.2. The Kier molecular flexibility index (Phi) is 6.93. The number of fused-ring (bicyclic) bond motifs is 1. The molecule has 0 unspecified atom stereocenters. The standard InChI is InChI=1S/C29H33FN2O3/c30-24-11-9-23(10-12-24)28(34)31-17-3-4-18-32-25(19-31)27(26(32)20-33)22-7-5-21(6-8-22)13-16-29(35)14-1-2-15-29/h5-12,25-27,33,35H,1-4,14-15,17-20H2/t25-,26+,27+/m1/s1. The first-order valence-corrected chi connectivity index (χ1v) is 12.7. The highest BCUT2D eigenvalue weighted by atomic mass is 19.1. The fourth-order valence-electron chi connectivity index (χ4n) is 5.96. The number of aliphatic hydroxyl groups is 2. The molecule has 0 aromatic heterocycles. The molecule has 184 valence electrons. The van der Waals surface area contributed by atoms with Gasteiger partial charge in [-0.25, -0.2) is 4.39 Å². The smallest absolute Gasteiger partial charge is 0.253 e. The van der Waals surface area contributed by atoms with Crippen molar-refractivity contribution in [1.82, 2.24) is 9.80 Å². The van der Waals surface area contributed by atoms with Gasteiger partial charge in [0.05, 0.1) is 6.61 Å². The van der Waals surface area contributed by atoms with E-state index in [2.05, 4.69) is 28.9 Å². The van der Waals surface area contributed by atoms with Crippen LogP contribution in [0.3, 0.4) is 0 Å². The van der Waals surface area contributed by atoms with Crippen molar-refractivity contribution in [2.75, 3.05) is 26.2 Å². The van der Waals surface area contributed by atoms with E-state index in [9.17, 15) is 19.4 Å². The van der Waals surface area contributed by atoms with Crippen LogP contribution < -0.4 is 0 Å². The maximum atomic E-state index is 13.4. The van der Waals surface area contributed by atoms with Crippen LogP contribution in [0.1, 0.15) is 65.9 Å². The van der Waals surface area contributed by atoms with E-state index in [-0.39, 0.29) is 36.3 Å². The summed E-state index contributed by atoms with van der Waals surface area (Å²) < 4.78 is 13.4. The van der Waals surface area contributed by atoms with Crippen LogP contribution in [0.5, 0.6) is 0 Å². The highest BCUT2D eigenvalue weighted by Crippen LogP contribution is 2.42. The minimum Gasteiger partial charge on any atom is -0.395 e. The molecule has 3 fully saturated rings. The molecule has 3 aliphatic rings. The van der Waals surface area contributed by atoms with Crippen LogP contribution in [-0.4, -0.2) is 69.8 Å². The quantitative estimate of drug-likeness (QED) is 0.666. The number of aliphatic hydroxyl groups excluding tert-OH is 1. The zero-order valence-corrected chi connectivity index (χ0v) is 20.0. The molecule has 2 saturated heterocycles. The third-order valence-electron chi connectivity index (χ3n) is 7.91. The predicted octanol–water partition coefficient (Wildman–Crippen LogP) is 3.55. The molecule has 3 atom stereocenters. The Morgan fingerprint density at radius 2 is 1.69 bits per heavy atom. The summed E-state index contributed by atoms with van der Waals surface area (Å²) in [5.74, 6) is 5.88. The van der Waals surface area contributed by atoms with Gasteiger partial charge in [-0.15, -0.1) is 0 Å². The molecule has 0 spiro atoms. The summed E-state index contributed by atoms with van der Waals surface area (Å²) in [6.45, 7) is 2.23. The number of amides is 1. The number of nitrogens with zero attached hydrogens (tertiary/aromatic N) is 2.